The van der Waals surface area contributed by atoms with Gasteiger partial charge in [-0.2, -0.15) is 0 Å². The fourth-order valence-corrected chi connectivity index (χ4v) is 5.22. The highest BCUT2D eigenvalue weighted by Crippen LogP contribution is 2.36. The van der Waals surface area contributed by atoms with E-state index in [1.165, 1.54) is 0 Å². The molecule has 1 amide bonds. The molecule has 0 saturated carbocycles. The number of hydroxylamine groups is 2. The Hall–Kier alpha value is -3.41. The van der Waals surface area contributed by atoms with Crippen LogP contribution in [0.4, 0.5) is 11.4 Å². The summed E-state index contributed by atoms with van der Waals surface area (Å²) >= 11 is 0. The molecule has 1 fully saturated rings. The Kier molecular flexibility index (Phi) is 8.06. The summed E-state index contributed by atoms with van der Waals surface area (Å²) in [5.41, 5.74) is 8.78. The number of ketones is 1. The molecule has 4 rings (SSSR count). The third-order valence-electron chi connectivity index (χ3n) is 7.73. The van der Waals surface area contributed by atoms with Crippen LogP contribution in [-0.2, 0) is 16.1 Å². The number of hydrogen-bond donors (Lipinski definition) is 5. The molecule has 212 valence electrons. The second-order valence-corrected chi connectivity index (χ2v) is 11.4. The zero-order valence-corrected chi connectivity index (χ0v) is 23.7. The fourth-order valence-electron chi connectivity index (χ4n) is 5.22. The largest absolute Gasteiger partial charge is 0.386 e. The van der Waals surface area contributed by atoms with Crippen molar-refractivity contribution in [3.05, 3.63) is 41.2 Å². The van der Waals surface area contributed by atoms with Crippen LogP contribution >= 0.6 is 0 Å². The summed E-state index contributed by atoms with van der Waals surface area (Å²) in [6.45, 7) is 6.66. The molecular formula is C28H41N7O4. The van der Waals surface area contributed by atoms with Crippen LogP contribution in [0.2, 0.25) is 0 Å². The van der Waals surface area contributed by atoms with Crippen molar-refractivity contribution in [1.29, 1.82) is 0 Å². The molecule has 2 aromatic rings. The first-order valence-corrected chi connectivity index (χ1v) is 13.4. The molecule has 6 N–H and O–H groups in total. The van der Waals surface area contributed by atoms with Gasteiger partial charge in [0.1, 0.15) is 0 Å². The van der Waals surface area contributed by atoms with E-state index in [0.29, 0.717) is 42.7 Å². The number of carbonyl (C=O) groups is 3. The number of piperidine rings is 1. The van der Waals surface area contributed by atoms with Crippen LogP contribution in [0.25, 0.3) is 5.69 Å². The highest BCUT2D eigenvalue weighted by molar-refractivity contribution is 6.04. The molecule has 0 atom stereocenters. The molecule has 1 aromatic carbocycles. The highest BCUT2D eigenvalue weighted by atomic mass is 16.7. The van der Waals surface area contributed by atoms with Crippen LogP contribution in [0.3, 0.4) is 0 Å². The minimum atomic E-state index is -0.568. The Labute approximate surface area is 229 Å². The lowest BCUT2D eigenvalue weighted by atomic mass is 9.86. The lowest BCUT2D eigenvalue weighted by Gasteiger charge is -2.37. The molecule has 1 aliphatic heterocycles. The highest BCUT2D eigenvalue weighted by Gasteiger charge is 2.40. The zero-order valence-electron chi connectivity index (χ0n) is 23.7. The summed E-state index contributed by atoms with van der Waals surface area (Å²) in [4.78, 5) is 43.3. The third kappa shape index (κ3) is 5.80. The van der Waals surface area contributed by atoms with Gasteiger partial charge in [-0.3, -0.25) is 9.59 Å². The van der Waals surface area contributed by atoms with E-state index in [1.54, 1.807) is 18.2 Å². The summed E-state index contributed by atoms with van der Waals surface area (Å²) in [5, 5.41) is 14.9. The standard InChI is InChI=1S/C28H41N7O4/c1-27(2,3)26(38)39-34-11-9-17(10-12-34)33-20-13-18(7-8-19(20)25(29)37)35-16-21(30-4)24-22(35)14-28(31-5,32-6)15-23(24)36/h7-8,13,16-17,30-33H,9-12,14-15H2,1-6H3,(H2,29,37). The van der Waals surface area contributed by atoms with Crippen LogP contribution in [0.15, 0.2) is 24.4 Å². The molecule has 0 spiro atoms. The minimum Gasteiger partial charge on any atom is -0.386 e. The number of likely N-dealkylation sites (N-methyl/N-ethyl adjacent to an activating group) is 2. The maximum atomic E-state index is 13.2. The van der Waals surface area contributed by atoms with Crippen molar-refractivity contribution >= 4 is 29.0 Å². The van der Waals surface area contributed by atoms with Gasteiger partial charge in [0.05, 0.1) is 27.9 Å². The van der Waals surface area contributed by atoms with Crippen molar-refractivity contribution in [2.45, 2.75) is 58.2 Å². The summed E-state index contributed by atoms with van der Waals surface area (Å²) in [6, 6.07) is 5.54. The van der Waals surface area contributed by atoms with Gasteiger partial charge < -0.3 is 36.4 Å². The number of carbonyl (C=O) groups excluding carboxylic acids is 3. The number of anilines is 2. The number of nitrogens with zero attached hydrogens (tertiary/aromatic N) is 2. The van der Waals surface area contributed by atoms with Crippen LogP contribution in [0.1, 0.15) is 66.4 Å². The Balaban J connectivity index is 1.61. The normalized spacial score (nSPS) is 17.9. The number of hydrogen-bond acceptors (Lipinski definition) is 9. The summed E-state index contributed by atoms with van der Waals surface area (Å²) < 4.78 is 2.01. The van der Waals surface area contributed by atoms with E-state index in [2.05, 4.69) is 21.3 Å². The first kappa shape index (κ1) is 28.6. The summed E-state index contributed by atoms with van der Waals surface area (Å²) in [5.74, 6) is -0.729. The summed E-state index contributed by atoms with van der Waals surface area (Å²) in [7, 11) is 5.50. The van der Waals surface area contributed by atoms with Gasteiger partial charge in [0, 0.05) is 62.3 Å². The Bertz CT molecular complexity index is 1250. The third-order valence-corrected chi connectivity index (χ3v) is 7.73. The van der Waals surface area contributed by atoms with E-state index >= 15 is 0 Å². The number of Topliss-reactive ketones (excluding diaryl/α,β-unsaturated/α-hetero) is 1. The number of primary amides is 1. The van der Waals surface area contributed by atoms with Crippen molar-refractivity contribution in [3.63, 3.8) is 0 Å². The van der Waals surface area contributed by atoms with Crippen LogP contribution in [0.5, 0.6) is 0 Å². The average molecular weight is 540 g/mol. The predicted molar refractivity (Wildman–Crippen MR) is 151 cm³/mol. The lowest BCUT2D eigenvalue weighted by molar-refractivity contribution is -0.204. The van der Waals surface area contributed by atoms with Gasteiger partial charge in [0.25, 0.3) is 5.91 Å². The minimum absolute atomic E-state index is 0.0501. The molecule has 0 unspecified atom stereocenters. The van der Waals surface area contributed by atoms with Crippen LogP contribution in [0, 0.1) is 5.41 Å². The van der Waals surface area contributed by atoms with Gasteiger partial charge in [-0.15, -0.1) is 5.06 Å². The van der Waals surface area contributed by atoms with Crippen molar-refractivity contribution < 1.29 is 19.2 Å². The monoisotopic (exact) mass is 539 g/mol. The van der Waals surface area contributed by atoms with Crippen LogP contribution in [-0.4, -0.2) is 73.2 Å². The Morgan fingerprint density at radius 1 is 1.05 bits per heavy atom. The van der Waals surface area contributed by atoms with Crippen molar-refractivity contribution in [2.75, 3.05) is 44.9 Å². The Morgan fingerprint density at radius 2 is 1.72 bits per heavy atom. The molecule has 11 heteroatoms. The first-order valence-electron chi connectivity index (χ1n) is 13.4. The average Bonchev–Trinajstić information content (AvgIpc) is 3.27. The number of nitrogens with two attached hydrogens (primary N) is 1. The van der Waals surface area contributed by atoms with Gasteiger partial charge >= 0.3 is 5.97 Å². The smallest absolute Gasteiger partial charge is 0.330 e. The van der Waals surface area contributed by atoms with E-state index in [-0.39, 0.29) is 17.8 Å². The van der Waals surface area contributed by atoms with E-state index in [0.717, 1.165) is 29.9 Å². The summed E-state index contributed by atoms with van der Waals surface area (Å²) in [6.07, 6.45) is 4.31. The maximum absolute atomic E-state index is 13.2. The first-order chi connectivity index (χ1) is 18.4. The van der Waals surface area contributed by atoms with E-state index in [1.807, 2.05) is 57.8 Å². The number of benzene rings is 1. The molecule has 0 radical (unpaired) electrons. The van der Waals surface area contributed by atoms with E-state index in [4.69, 9.17) is 10.6 Å². The van der Waals surface area contributed by atoms with Crippen molar-refractivity contribution in [1.82, 2.24) is 20.3 Å². The number of rotatable bonds is 8. The number of amides is 1. The molecule has 1 saturated heterocycles. The molecule has 2 aliphatic rings. The molecular weight excluding hydrogens is 498 g/mol. The Morgan fingerprint density at radius 3 is 2.28 bits per heavy atom. The van der Waals surface area contributed by atoms with Gasteiger partial charge in [-0.25, -0.2) is 4.79 Å². The lowest BCUT2D eigenvalue weighted by Crippen LogP contribution is -2.58. The molecule has 39 heavy (non-hydrogen) atoms. The molecule has 2 heterocycles. The van der Waals surface area contributed by atoms with Gasteiger partial charge in [-0.05, 0) is 65.9 Å². The molecule has 1 aliphatic carbocycles. The maximum Gasteiger partial charge on any atom is 0.330 e. The number of aromatic nitrogens is 1. The van der Waals surface area contributed by atoms with E-state index in [9.17, 15) is 14.4 Å². The van der Waals surface area contributed by atoms with Crippen molar-refractivity contribution in [2.24, 2.45) is 11.1 Å². The van der Waals surface area contributed by atoms with Gasteiger partial charge in [0.15, 0.2) is 5.78 Å². The SMILES string of the molecule is CNc1cn(-c2ccc(C(N)=O)c(NC3CCN(OC(=O)C(C)(C)C)CC3)c2)c2c1C(=O)CC(NC)(NC)C2. The molecule has 0 bridgehead atoms. The molecule has 11 nitrogen and oxygen atoms in total. The molecule has 1 aromatic heterocycles. The number of fused-ring (bicyclic) bond motifs is 1. The topological polar surface area (TPSA) is 143 Å². The zero-order chi connectivity index (χ0) is 28.5. The second-order valence-electron chi connectivity index (χ2n) is 11.4. The van der Waals surface area contributed by atoms with Gasteiger partial charge in [-0.1, -0.05) is 0 Å². The quantitative estimate of drug-likeness (QED) is 0.319. The number of nitrogens with one attached hydrogen (secondary N) is 4. The fraction of sp³-hybridized carbons (Fsp3) is 0.536. The van der Waals surface area contributed by atoms with Crippen LogP contribution < -0.4 is 27.0 Å². The van der Waals surface area contributed by atoms with Crippen molar-refractivity contribution in [3.8, 4) is 5.69 Å². The van der Waals surface area contributed by atoms with E-state index < -0.39 is 17.0 Å². The van der Waals surface area contributed by atoms with Gasteiger partial charge in [0.2, 0.25) is 0 Å². The predicted octanol–water partition coefficient (Wildman–Crippen LogP) is 2.26. The second kappa shape index (κ2) is 11.0.